The summed E-state index contributed by atoms with van der Waals surface area (Å²) in [7, 11) is 1.42. The Kier molecular flexibility index (Phi) is 5.32. The first-order valence-corrected chi connectivity index (χ1v) is 11.6. The molecule has 1 heterocycles. The minimum absolute atomic E-state index is 0.00439. The number of carbonyl (C=O) groups excluding carboxylic acids is 2. The number of benzene rings is 2. The Morgan fingerprint density at radius 2 is 1.84 bits per heavy atom. The zero-order valence-corrected chi connectivity index (χ0v) is 19.3. The Labute approximate surface area is 194 Å². The highest BCUT2D eigenvalue weighted by Gasteiger charge is 2.55. The third-order valence-electron chi connectivity index (χ3n) is 6.97. The number of aromatic nitrogens is 1. The van der Waals surface area contributed by atoms with Crippen molar-refractivity contribution >= 4 is 38.7 Å². The second-order valence-corrected chi connectivity index (χ2v) is 10.0. The highest BCUT2D eigenvalue weighted by atomic mass is 79.9. The van der Waals surface area contributed by atoms with Crippen molar-refractivity contribution in [3.63, 3.8) is 0 Å². The average molecular weight is 499 g/mol. The van der Waals surface area contributed by atoms with Crippen molar-refractivity contribution in [2.45, 2.75) is 38.3 Å². The zero-order valence-electron chi connectivity index (χ0n) is 17.7. The molecule has 0 radical (unpaired) electrons. The number of hydrogen-bond acceptors (Lipinski definition) is 3. The predicted octanol–water partition coefficient (Wildman–Crippen LogP) is 5.05. The highest BCUT2D eigenvalue weighted by Crippen LogP contribution is 2.59. The van der Waals surface area contributed by atoms with E-state index in [9.17, 15) is 14.0 Å². The van der Waals surface area contributed by atoms with Crippen LogP contribution in [0.3, 0.4) is 0 Å². The molecule has 2 saturated carbocycles. The molecule has 7 heteroatoms. The topological polar surface area (TPSA) is 60.3 Å². The number of hydrogen-bond donors (Lipinski definition) is 1. The van der Waals surface area contributed by atoms with Gasteiger partial charge in [-0.05, 0) is 67.0 Å². The maximum Gasteiger partial charge on any atom is 0.308 e. The van der Waals surface area contributed by atoms with Gasteiger partial charge >= 0.3 is 5.97 Å². The molecule has 0 aliphatic heterocycles. The Hall–Kier alpha value is -2.67. The number of amides is 1. The summed E-state index contributed by atoms with van der Waals surface area (Å²) in [6.45, 7) is 0.544. The molecule has 2 aliphatic carbocycles. The molecule has 2 aromatic carbocycles. The van der Waals surface area contributed by atoms with Gasteiger partial charge in [0, 0.05) is 28.6 Å². The van der Waals surface area contributed by atoms with E-state index in [1.807, 2.05) is 35.0 Å². The van der Waals surface area contributed by atoms with Crippen LogP contribution in [0.1, 0.15) is 41.6 Å². The maximum absolute atomic E-state index is 14.5. The van der Waals surface area contributed by atoms with Gasteiger partial charge in [0.1, 0.15) is 5.82 Å². The Morgan fingerprint density at radius 3 is 2.53 bits per heavy atom. The van der Waals surface area contributed by atoms with Crippen molar-refractivity contribution in [3.8, 4) is 0 Å². The van der Waals surface area contributed by atoms with Crippen LogP contribution in [0.2, 0.25) is 0 Å². The predicted molar refractivity (Wildman–Crippen MR) is 123 cm³/mol. The molecule has 5 rings (SSSR count). The standard InChI is InChI=1S/C25H24BrFN2O3/c1-32-24(31)16-10-25(11-16)12-18(13-25)28-23(30)20-6-7-21(27)19-8-9-29(22(19)20)14-15-2-4-17(26)5-3-15/h2-9,16,18H,10-14H2,1H3,(H,28,30). The summed E-state index contributed by atoms with van der Waals surface area (Å²) in [6.07, 6.45) is 5.24. The smallest absolute Gasteiger partial charge is 0.308 e. The Bertz CT molecular complexity index is 1190. The summed E-state index contributed by atoms with van der Waals surface area (Å²) in [5, 5.41) is 3.56. The first kappa shape index (κ1) is 21.2. The second-order valence-electron chi connectivity index (χ2n) is 9.13. The molecule has 0 bridgehead atoms. The number of rotatable bonds is 5. The van der Waals surface area contributed by atoms with Crippen molar-refractivity contribution in [2.75, 3.05) is 7.11 Å². The van der Waals surface area contributed by atoms with Crippen LogP contribution >= 0.6 is 15.9 Å². The molecule has 2 fully saturated rings. The molecule has 0 atom stereocenters. The van der Waals surface area contributed by atoms with E-state index < -0.39 is 0 Å². The van der Waals surface area contributed by atoms with Crippen LogP contribution in [0.4, 0.5) is 4.39 Å². The second kappa shape index (κ2) is 8.03. The van der Waals surface area contributed by atoms with Crippen molar-refractivity contribution in [1.29, 1.82) is 0 Å². The molecule has 166 valence electrons. The fourth-order valence-electron chi connectivity index (χ4n) is 5.39. The molecule has 1 amide bonds. The van der Waals surface area contributed by atoms with Crippen molar-refractivity contribution in [1.82, 2.24) is 9.88 Å². The number of esters is 1. The van der Waals surface area contributed by atoms with Crippen molar-refractivity contribution < 1.29 is 18.7 Å². The quantitative estimate of drug-likeness (QED) is 0.500. The van der Waals surface area contributed by atoms with Crippen LogP contribution in [0.15, 0.2) is 53.1 Å². The summed E-state index contributed by atoms with van der Waals surface area (Å²) in [5.74, 6) is -0.662. The largest absolute Gasteiger partial charge is 0.469 e. The monoisotopic (exact) mass is 498 g/mol. The molecule has 0 unspecified atom stereocenters. The number of methoxy groups -OCH3 is 1. The molecular weight excluding hydrogens is 475 g/mol. The number of halogens is 2. The number of ether oxygens (including phenoxy) is 1. The van der Waals surface area contributed by atoms with E-state index in [0.717, 1.165) is 35.7 Å². The van der Waals surface area contributed by atoms with Gasteiger partial charge < -0.3 is 14.6 Å². The minimum Gasteiger partial charge on any atom is -0.469 e. The average Bonchev–Trinajstić information content (AvgIpc) is 3.14. The van der Waals surface area contributed by atoms with Gasteiger partial charge in [-0.15, -0.1) is 0 Å². The first-order chi connectivity index (χ1) is 15.4. The fourth-order valence-corrected chi connectivity index (χ4v) is 5.66. The van der Waals surface area contributed by atoms with Gasteiger partial charge in [-0.3, -0.25) is 9.59 Å². The van der Waals surface area contributed by atoms with E-state index in [1.165, 1.54) is 13.2 Å². The Morgan fingerprint density at radius 1 is 1.12 bits per heavy atom. The maximum atomic E-state index is 14.5. The minimum atomic E-state index is -0.336. The van der Waals surface area contributed by atoms with E-state index in [4.69, 9.17) is 4.74 Å². The SMILES string of the molecule is COC(=O)C1CC2(CC(NC(=O)c3ccc(F)c4ccn(Cc5ccc(Br)cc5)c34)C2)C1. The third kappa shape index (κ3) is 3.72. The lowest BCUT2D eigenvalue weighted by Crippen LogP contribution is -2.57. The van der Waals surface area contributed by atoms with E-state index in [-0.39, 0.29) is 35.1 Å². The summed E-state index contributed by atoms with van der Waals surface area (Å²) < 4.78 is 22.2. The van der Waals surface area contributed by atoms with Crippen molar-refractivity contribution in [2.24, 2.45) is 11.3 Å². The van der Waals surface area contributed by atoms with Gasteiger partial charge in [0.2, 0.25) is 0 Å². The van der Waals surface area contributed by atoms with Gasteiger partial charge in [-0.2, -0.15) is 0 Å². The number of nitrogens with zero attached hydrogens (tertiary/aromatic N) is 1. The van der Waals surface area contributed by atoms with Crippen LogP contribution in [0, 0.1) is 17.2 Å². The number of carbonyl (C=O) groups is 2. The molecule has 5 nitrogen and oxygen atoms in total. The highest BCUT2D eigenvalue weighted by molar-refractivity contribution is 9.10. The molecule has 1 N–H and O–H groups in total. The van der Waals surface area contributed by atoms with Crippen LogP contribution < -0.4 is 5.32 Å². The lowest BCUT2D eigenvalue weighted by atomic mass is 9.50. The summed E-state index contributed by atoms with van der Waals surface area (Å²) >= 11 is 3.44. The Balaban J connectivity index is 1.31. The molecule has 2 aliphatic rings. The van der Waals surface area contributed by atoms with Crippen molar-refractivity contribution in [3.05, 3.63) is 70.1 Å². The van der Waals surface area contributed by atoms with Crippen LogP contribution in [0.5, 0.6) is 0 Å². The molecular formula is C25H24BrFN2O3. The fraction of sp³-hybridized carbons (Fsp3) is 0.360. The molecule has 0 saturated heterocycles. The van der Waals surface area contributed by atoms with Crippen LogP contribution in [-0.4, -0.2) is 29.6 Å². The molecule has 1 aromatic heterocycles. The molecule has 3 aromatic rings. The third-order valence-corrected chi connectivity index (χ3v) is 7.50. The lowest BCUT2D eigenvalue weighted by molar-refractivity contribution is -0.159. The summed E-state index contributed by atoms with van der Waals surface area (Å²) in [5.41, 5.74) is 2.31. The van der Waals surface area contributed by atoms with Crippen LogP contribution in [-0.2, 0) is 16.1 Å². The zero-order chi connectivity index (χ0) is 22.5. The number of fused-ring (bicyclic) bond motifs is 1. The summed E-state index contributed by atoms with van der Waals surface area (Å²) in [4.78, 5) is 24.8. The number of nitrogens with one attached hydrogen (secondary N) is 1. The van der Waals surface area contributed by atoms with Gasteiger partial charge in [0.25, 0.3) is 5.91 Å². The van der Waals surface area contributed by atoms with E-state index in [0.29, 0.717) is 23.0 Å². The van der Waals surface area contributed by atoms with Gasteiger partial charge in [0.05, 0.1) is 24.1 Å². The van der Waals surface area contributed by atoms with E-state index >= 15 is 0 Å². The normalized spacial score (nSPS) is 24.1. The molecule has 32 heavy (non-hydrogen) atoms. The van der Waals surface area contributed by atoms with E-state index in [2.05, 4.69) is 21.2 Å². The van der Waals surface area contributed by atoms with Gasteiger partial charge in [-0.1, -0.05) is 28.1 Å². The van der Waals surface area contributed by atoms with Gasteiger partial charge in [0.15, 0.2) is 0 Å². The first-order valence-electron chi connectivity index (χ1n) is 10.8. The van der Waals surface area contributed by atoms with Crippen LogP contribution in [0.25, 0.3) is 10.9 Å². The van der Waals surface area contributed by atoms with Gasteiger partial charge in [-0.25, -0.2) is 4.39 Å². The van der Waals surface area contributed by atoms with E-state index in [1.54, 1.807) is 12.1 Å². The summed E-state index contributed by atoms with van der Waals surface area (Å²) in [6, 6.07) is 12.7. The molecule has 1 spiro atoms. The lowest BCUT2D eigenvalue weighted by Gasteiger charge is -2.56.